The predicted molar refractivity (Wildman–Crippen MR) is 302 cm³/mol. The second-order valence-corrected chi connectivity index (χ2v) is 50.1. The second-order valence-electron chi connectivity index (χ2n) is 16.7. The smallest absolute Gasteiger partial charge is 0.204 e. The van der Waals surface area contributed by atoms with Gasteiger partial charge in [0, 0.05) is 21.3 Å². The van der Waals surface area contributed by atoms with E-state index in [0.717, 1.165) is 80.8 Å². The first-order chi connectivity index (χ1) is 31.2. The first kappa shape index (κ1) is 43.9. The molecule has 18 heteroatoms. The molecule has 0 aromatic heterocycles. The van der Waals surface area contributed by atoms with Gasteiger partial charge in [-0.1, -0.05) is 109 Å². The molecule has 0 aliphatic carbocycles. The van der Waals surface area contributed by atoms with E-state index in [1.165, 1.54) is 0 Å². The van der Waals surface area contributed by atoms with E-state index in [0.29, 0.717) is 37.7 Å². The van der Waals surface area contributed by atoms with E-state index in [1.807, 2.05) is 66.7 Å². The summed E-state index contributed by atoms with van der Waals surface area (Å²) in [6.07, 6.45) is 0. The third-order valence-corrected chi connectivity index (χ3v) is 25.3. The molecule has 0 radical (unpaired) electrons. The molecular weight excluding hydrogens is 1150 g/mol. The van der Waals surface area contributed by atoms with Crippen LogP contribution in [0.3, 0.4) is 0 Å². The van der Waals surface area contributed by atoms with Gasteiger partial charge in [-0.05, 0) is 129 Å². The fourth-order valence-corrected chi connectivity index (χ4v) is 26.6. The number of halogens is 14. The van der Waals surface area contributed by atoms with E-state index in [9.17, 15) is 0 Å². The van der Waals surface area contributed by atoms with Gasteiger partial charge in [-0.3, -0.25) is 0 Å². The topological polar surface area (TPSA) is 0 Å². The Balaban J connectivity index is 1.60. The highest BCUT2D eigenvalue weighted by molar-refractivity contribution is 7.75. The molecule has 0 heterocycles. The quantitative estimate of drug-likeness (QED) is 0.0713. The molecule has 0 bridgehead atoms. The SMILES string of the molecule is Fc1c([Si](Cl)(Cl)Cl)c([Si](Cl)(Cl)Cl)c2c(c1F)c1c3ccccc3c3c4ccccc4c4c5ccccc5c5c6ccccc6c6c7ccc([Si](Cl)(Cl)Cl)c([Si](Cl)(Cl)Cl)c7c2c2c6c5c4c3c12. The Kier molecular flexibility index (Phi) is 9.53. The van der Waals surface area contributed by atoms with E-state index in [-0.39, 0.29) is 26.3 Å². The fraction of sp³-hybridized carbons (Fsp3) is 0. The molecule has 0 saturated carbocycles. The zero-order chi connectivity index (χ0) is 46.0. The molecule has 0 aliphatic heterocycles. The van der Waals surface area contributed by atoms with Crippen molar-refractivity contribution >= 4 is 307 Å². The lowest BCUT2D eigenvalue weighted by molar-refractivity contribution is 0.523. The van der Waals surface area contributed by atoms with Gasteiger partial charge in [-0.2, -0.15) is 0 Å². The van der Waals surface area contributed by atoms with Gasteiger partial charge in [0.15, 0.2) is 11.6 Å². The monoisotopic (exact) mass is 1160 g/mol. The molecule has 0 atom stereocenters. The Labute approximate surface area is 432 Å². The van der Waals surface area contributed by atoms with Gasteiger partial charge < -0.3 is 0 Å². The Bertz CT molecular complexity index is 4350. The van der Waals surface area contributed by atoms with Crippen LogP contribution in [0.5, 0.6) is 0 Å². The molecule has 0 unspecified atom stereocenters. The van der Waals surface area contributed by atoms with Crippen molar-refractivity contribution in [3.8, 4) is 0 Å². The van der Waals surface area contributed by atoms with Crippen LogP contribution in [0.1, 0.15) is 0 Å². The molecule has 0 spiro atoms. The average Bonchev–Trinajstić information content (AvgIpc) is 3.26. The van der Waals surface area contributed by atoms with Crippen molar-refractivity contribution in [1.29, 1.82) is 0 Å². The van der Waals surface area contributed by atoms with Crippen molar-refractivity contribution in [1.82, 2.24) is 0 Å². The zero-order valence-corrected chi connectivity index (χ0v) is 45.8. The Morgan fingerprint density at radius 3 is 0.879 bits per heavy atom. The minimum atomic E-state index is -4.49. The Hall–Kier alpha value is -2.03. The second kappa shape index (κ2) is 14.3. The van der Waals surface area contributed by atoms with Crippen LogP contribution in [0.25, 0.3) is 129 Å². The van der Waals surface area contributed by atoms with Crippen LogP contribution in [0.15, 0.2) is 109 Å². The molecule has 0 N–H and O–H groups in total. The number of hydrogen-bond acceptors (Lipinski definition) is 0. The largest absolute Gasteiger partial charge is 0.376 e. The Morgan fingerprint density at radius 2 is 0.530 bits per heavy atom. The van der Waals surface area contributed by atoms with E-state index in [4.69, 9.17) is 133 Å². The maximum atomic E-state index is 18.3. The summed E-state index contributed by atoms with van der Waals surface area (Å²) < 4.78 is 35.9. The van der Waals surface area contributed by atoms with Crippen molar-refractivity contribution < 1.29 is 8.78 Å². The molecule has 324 valence electrons. The molecular formula is C48H18Cl12F2Si4. The molecule has 0 nitrogen and oxygen atoms in total. The van der Waals surface area contributed by atoms with Gasteiger partial charge in [0.05, 0.1) is 0 Å². The summed E-state index contributed by atoms with van der Waals surface area (Å²) in [4.78, 5) is 0. The summed E-state index contributed by atoms with van der Waals surface area (Å²) in [7, 11) is 0. The van der Waals surface area contributed by atoms with Crippen molar-refractivity contribution in [2.24, 2.45) is 0 Å². The summed E-state index contributed by atoms with van der Waals surface area (Å²) in [5.74, 6) is -2.70. The van der Waals surface area contributed by atoms with Crippen LogP contribution in [-0.4, -0.2) is 24.0 Å². The molecule has 0 saturated heterocycles. The molecule has 66 heavy (non-hydrogen) atoms. The Morgan fingerprint density at radius 1 is 0.227 bits per heavy atom. The highest BCUT2D eigenvalue weighted by atomic mass is 35.9. The highest BCUT2D eigenvalue weighted by Gasteiger charge is 2.48. The van der Waals surface area contributed by atoms with Crippen LogP contribution < -0.4 is 20.7 Å². The van der Waals surface area contributed by atoms with E-state index in [2.05, 4.69) is 36.4 Å². The van der Waals surface area contributed by atoms with Crippen molar-refractivity contribution in [2.45, 2.75) is 0 Å². The average molecular weight is 1170 g/mol. The van der Waals surface area contributed by atoms with Crippen LogP contribution in [-0.2, 0) is 0 Å². The highest BCUT2D eigenvalue weighted by Crippen LogP contribution is 2.60. The van der Waals surface area contributed by atoms with Gasteiger partial charge in [-0.25, -0.2) is 8.78 Å². The number of fused-ring (bicyclic) bond motifs is 18. The van der Waals surface area contributed by atoms with E-state index >= 15 is 8.78 Å². The van der Waals surface area contributed by atoms with Crippen LogP contribution in [0.2, 0.25) is 0 Å². The summed E-state index contributed by atoms with van der Waals surface area (Å²) in [5.41, 5.74) is 0. The van der Waals surface area contributed by atoms with E-state index in [1.54, 1.807) is 6.07 Å². The lowest BCUT2D eigenvalue weighted by Crippen LogP contribution is -2.53. The summed E-state index contributed by atoms with van der Waals surface area (Å²) in [5, 5.41) is 17.0. The van der Waals surface area contributed by atoms with Gasteiger partial charge in [0.1, 0.15) is 0 Å². The number of rotatable bonds is 4. The zero-order valence-electron chi connectivity index (χ0n) is 32.7. The van der Waals surface area contributed by atoms with Gasteiger partial charge >= 0.3 is 24.0 Å². The summed E-state index contributed by atoms with van der Waals surface area (Å²) in [6.45, 7) is 0. The molecule has 0 amide bonds. The lowest BCUT2D eigenvalue weighted by Gasteiger charge is -2.31. The van der Waals surface area contributed by atoms with Gasteiger partial charge in [0.25, 0.3) is 0 Å². The maximum absolute atomic E-state index is 18.3. The molecule has 13 aromatic rings. The number of hydrogen-bond donors (Lipinski definition) is 0. The van der Waals surface area contributed by atoms with Crippen LogP contribution in [0, 0.1) is 11.6 Å². The minimum Gasteiger partial charge on any atom is -0.204 e. The maximum Gasteiger partial charge on any atom is 0.376 e. The standard InChI is InChI=1S/C48H18Cl12F2Si4/c49-63(50,51)28-18-17-27-32-24-14-6-5-13-23(24)30-20-10-2-1-9-19(20)29-21-11-3-4-12-22(21)31-25-15-7-8-16-26(25)33-39-37(31)35(29)36(30)38(32)41(39)40(34(27)46(28)64(52,53)54)43-42(33)44(61)45(62)48(66(58,59)60)47(43)65(55,56)57/h1-18H. The number of benzene rings is 13. The van der Waals surface area contributed by atoms with Crippen molar-refractivity contribution in [2.75, 3.05) is 0 Å². The lowest BCUT2D eigenvalue weighted by atomic mass is 9.74. The minimum absolute atomic E-state index is 0.0310. The van der Waals surface area contributed by atoms with Crippen molar-refractivity contribution in [3.05, 3.63) is 121 Å². The first-order valence-corrected chi connectivity index (χ1v) is 40.3. The normalized spacial score (nSPS) is 13.9. The van der Waals surface area contributed by atoms with Gasteiger partial charge in [0.2, 0.25) is 0 Å². The third-order valence-electron chi connectivity index (χ3n) is 13.6. The van der Waals surface area contributed by atoms with Crippen LogP contribution >= 0.6 is 133 Å². The molecule has 0 aliphatic rings. The van der Waals surface area contributed by atoms with Gasteiger partial charge in [-0.15, -0.1) is 133 Å². The third kappa shape index (κ3) is 5.59. The van der Waals surface area contributed by atoms with E-state index < -0.39 is 40.8 Å². The fourth-order valence-electron chi connectivity index (χ4n) is 11.7. The van der Waals surface area contributed by atoms with Crippen molar-refractivity contribution in [3.63, 3.8) is 0 Å². The predicted octanol–water partition coefficient (Wildman–Crippen LogP) is 17.6. The molecule has 13 rings (SSSR count). The molecule has 13 aromatic carbocycles. The van der Waals surface area contributed by atoms with Crippen LogP contribution in [0.4, 0.5) is 8.78 Å². The molecule has 0 fully saturated rings. The summed E-state index contributed by atoms with van der Waals surface area (Å²) in [6, 6.07) is 19.1. The summed E-state index contributed by atoms with van der Waals surface area (Å²) >= 11 is 84.9. The first-order valence-electron chi connectivity index (χ1n) is 20.1.